The number of benzene rings is 2. The third kappa shape index (κ3) is 11.8. The number of piperidine rings is 1. The Balaban J connectivity index is 0.878. The Labute approximate surface area is 512 Å². The van der Waals surface area contributed by atoms with Gasteiger partial charge in [-0.2, -0.15) is 0 Å². The molecular formula is C62H90N10O11SSi2. The van der Waals surface area contributed by atoms with E-state index in [1.807, 2.05) is 44.0 Å². The molecule has 3 fully saturated rings. The number of carbonyl (C=O) groups is 2. The van der Waals surface area contributed by atoms with E-state index < -0.39 is 68.1 Å². The number of aliphatic hydroxyl groups is 3. The number of nitrogens with one attached hydrogen (secondary N) is 2. The number of azide groups is 1. The van der Waals surface area contributed by atoms with Crippen LogP contribution in [0.25, 0.3) is 21.3 Å². The lowest BCUT2D eigenvalue weighted by Gasteiger charge is -2.63. The van der Waals surface area contributed by atoms with Crippen molar-refractivity contribution in [3.8, 4) is 5.75 Å². The molecule has 6 aliphatic rings. The average molecular weight is 1240 g/mol. The van der Waals surface area contributed by atoms with Crippen LogP contribution in [0.1, 0.15) is 80.3 Å². The Morgan fingerprint density at radius 2 is 1.70 bits per heavy atom. The number of aromatic amines is 1. The summed E-state index contributed by atoms with van der Waals surface area (Å²) in [5.41, 5.74) is 7.56. The van der Waals surface area contributed by atoms with Crippen molar-refractivity contribution in [3.63, 3.8) is 0 Å². The standard InChI is InChI=1S/C62H90N10O11SSi2/c1-10-58(76)34-42-35-61(56(75)79-5,51-45(18-24-71(38-42)40-58)44-16-12-13-17-48(44)68-51)47-32-46-49(33-50(47)78-4)70(3)53-60(46)20-25-72-23-14-19-59(11-2,52(60)72)54(73)62(53,77)55(74)64-21-15-31-85(6,7)83-86(8,9)41-84-57-65-36-43(37-66-57)39-82-30-29-81-28-27-80-26-22-67-69-63/h12-14,16-17,19,32-33,36-37,42,52-54,68,73,76-77H,10-11,15,18,20-31,34-35,38-41H2,1-9H3,(H,64,74)/t42-,52+,53-,54-,58+,59-,60-,61+,62+/m1/s1. The Hall–Kier alpha value is -4.93. The van der Waals surface area contributed by atoms with Crippen LogP contribution < -0.4 is 15.0 Å². The number of carbonyl (C=O) groups excluding carboxylic acids is 2. The minimum absolute atomic E-state index is 0.112. The summed E-state index contributed by atoms with van der Waals surface area (Å²) in [6, 6.07) is 11.9. The van der Waals surface area contributed by atoms with Crippen LogP contribution in [-0.4, -0.2) is 203 Å². The van der Waals surface area contributed by atoms with Crippen molar-refractivity contribution in [2.45, 2.75) is 143 Å². The third-order valence-electron chi connectivity index (χ3n) is 19.6. The van der Waals surface area contributed by atoms with E-state index >= 15 is 9.59 Å². The Bertz CT molecular complexity index is 3170. The van der Waals surface area contributed by atoms with Crippen LogP contribution in [0.5, 0.6) is 5.75 Å². The number of anilines is 1. The lowest BCUT2D eigenvalue weighted by atomic mass is 9.47. The molecule has 468 valence electrons. The van der Waals surface area contributed by atoms with Gasteiger partial charge in [-0.25, -0.2) is 9.97 Å². The maximum atomic E-state index is 15.6. The van der Waals surface area contributed by atoms with Gasteiger partial charge in [-0.05, 0) is 118 Å². The molecule has 1 amide bonds. The highest BCUT2D eigenvalue weighted by Gasteiger charge is 2.78. The summed E-state index contributed by atoms with van der Waals surface area (Å²) in [5, 5.41) is 48.2. The highest BCUT2D eigenvalue weighted by atomic mass is 32.2. The summed E-state index contributed by atoms with van der Waals surface area (Å²) < 4.78 is 36.2. The lowest BCUT2D eigenvalue weighted by molar-refractivity contribution is -0.203. The number of amides is 1. The molecule has 5 N–H and O–H groups in total. The van der Waals surface area contributed by atoms with E-state index in [1.165, 1.54) is 7.11 Å². The summed E-state index contributed by atoms with van der Waals surface area (Å²) >= 11 is 1.58. The first kappa shape index (κ1) is 64.1. The summed E-state index contributed by atoms with van der Waals surface area (Å²) in [4.78, 5) is 53.6. The topological polar surface area (TPSA) is 262 Å². The molecular weight excluding hydrogens is 1150 g/mol. The number of hydrogen-bond donors (Lipinski definition) is 5. The van der Waals surface area contributed by atoms with Gasteiger partial charge in [0.2, 0.25) is 0 Å². The number of nitrogens with zero attached hydrogens (tertiary/aromatic N) is 8. The number of fused-ring (bicyclic) bond motifs is 6. The number of aliphatic hydroxyl groups excluding tert-OH is 1. The van der Waals surface area contributed by atoms with Crippen molar-refractivity contribution in [2.75, 3.05) is 110 Å². The molecule has 21 nitrogen and oxygen atoms in total. The highest BCUT2D eigenvalue weighted by molar-refractivity contribution is 8.00. The van der Waals surface area contributed by atoms with E-state index in [4.69, 9.17) is 33.3 Å². The van der Waals surface area contributed by atoms with Crippen LogP contribution in [0, 0.1) is 11.3 Å². The maximum Gasteiger partial charge on any atom is 0.322 e. The number of likely N-dealkylation sites (N-methyl/N-ethyl adjacent to an activating group) is 1. The van der Waals surface area contributed by atoms with Crippen LogP contribution >= 0.6 is 11.8 Å². The highest BCUT2D eigenvalue weighted by Crippen LogP contribution is 2.68. The fourth-order valence-corrected chi connectivity index (χ4v) is 26.6. The molecule has 5 aliphatic heterocycles. The average Bonchev–Trinajstić information content (AvgIpc) is 1.44. The van der Waals surface area contributed by atoms with E-state index in [9.17, 15) is 15.3 Å². The van der Waals surface area contributed by atoms with Crippen molar-refractivity contribution in [1.82, 2.24) is 30.1 Å². The SMILES string of the molecule is CC[C@]1(O)C[C@H]2CN(CCc3c([nH]c4ccccc34)[C@@](C(=O)OC)(c3cc4c(cc3OC)N(C)[C@H]3[C@@](O)(C(=O)NCCC[Si](C)(C)O[Si](C)(C)CSc5ncc(COCCOCCOCCN=[N+]=[N-])cn5)[C@H](O)[C@]5(CC)C=CCN6CC[C@]43[C@@H]65)C2)C1. The molecule has 1 spiro atoms. The molecule has 1 aliphatic carbocycles. The van der Waals surface area contributed by atoms with E-state index in [-0.39, 0.29) is 18.5 Å². The molecule has 2 aromatic heterocycles. The number of hydrogen-bond acceptors (Lipinski definition) is 18. The molecule has 2 aromatic carbocycles. The van der Waals surface area contributed by atoms with Crippen molar-refractivity contribution in [1.29, 1.82) is 0 Å². The fourth-order valence-electron chi connectivity index (χ4n) is 16.2. The molecule has 0 radical (unpaired) electrons. The third-order valence-corrected chi connectivity index (χ3v) is 29.4. The Morgan fingerprint density at radius 3 is 2.42 bits per heavy atom. The second-order valence-corrected chi connectivity index (χ2v) is 36.2. The zero-order valence-electron chi connectivity index (χ0n) is 51.7. The van der Waals surface area contributed by atoms with Crippen LogP contribution in [0.4, 0.5) is 5.69 Å². The first-order chi connectivity index (χ1) is 41.2. The fraction of sp³-hybridized carbons (Fsp3) is 0.645. The molecule has 7 heterocycles. The molecule has 2 saturated heterocycles. The van der Waals surface area contributed by atoms with E-state index in [0.717, 1.165) is 50.4 Å². The molecule has 86 heavy (non-hydrogen) atoms. The van der Waals surface area contributed by atoms with Gasteiger partial charge >= 0.3 is 5.97 Å². The molecule has 4 aromatic rings. The second kappa shape index (κ2) is 25.9. The Kier molecular flexibility index (Phi) is 19.3. The van der Waals surface area contributed by atoms with Gasteiger partial charge in [0.25, 0.3) is 5.91 Å². The number of para-hydroxylation sites is 1. The first-order valence-corrected chi connectivity index (χ1v) is 38.0. The van der Waals surface area contributed by atoms with Crippen molar-refractivity contribution in [2.24, 2.45) is 16.4 Å². The first-order valence-electron chi connectivity index (χ1n) is 30.8. The van der Waals surface area contributed by atoms with Gasteiger partial charge in [0.1, 0.15) is 17.3 Å². The predicted molar refractivity (Wildman–Crippen MR) is 335 cm³/mol. The van der Waals surface area contributed by atoms with Gasteiger partial charge in [0.05, 0.1) is 65.5 Å². The summed E-state index contributed by atoms with van der Waals surface area (Å²) in [7, 11) is 0.474. The van der Waals surface area contributed by atoms with Gasteiger partial charge in [-0.3, -0.25) is 19.4 Å². The van der Waals surface area contributed by atoms with Gasteiger partial charge in [0, 0.05) is 125 Å². The number of ether oxygens (including phenoxy) is 5. The Morgan fingerprint density at radius 1 is 0.953 bits per heavy atom. The number of aromatic nitrogens is 3. The maximum absolute atomic E-state index is 15.6. The number of H-pyrrole nitrogens is 1. The predicted octanol–water partition coefficient (Wildman–Crippen LogP) is 7.16. The largest absolute Gasteiger partial charge is 0.496 e. The molecule has 1 unspecified atom stereocenters. The minimum atomic E-state index is -2.30. The zero-order valence-corrected chi connectivity index (χ0v) is 54.5. The van der Waals surface area contributed by atoms with Crippen molar-refractivity contribution < 1.29 is 52.7 Å². The number of esters is 1. The number of methoxy groups -OCH3 is 2. The van der Waals surface area contributed by atoms with Crippen LogP contribution in [-0.2, 0) is 56.5 Å². The van der Waals surface area contributed by atoms with Gasteiger partial charge in [0.15, 0.2) is 27.4 Å². The summed E-state index contributed by atoms with van der Waals surface area (Å²) in [5.74, 6) is -0.694. The monoisotopic (exact) mass is 1240 g/mol. The van der Waals surface area contributed by atoms with Gasteiger partial charge < -0.3 is 58.3 Å². The summed E-state index contributed by atoms with van der Waals surface area (Å²) in [6.07, 6.45) is 9.95. The molecule has 1 saturated carbocycles. The van der Waals surface area contributed by atoms with Crippen molar-refractivity contribution >= 4 is 56.9 Å². The summed E-state index contributed by atoms with van der Waals surface area (Å²) in [6.45, 7) is 19.2. The smallest absolute Gasteiger partial charge is 0.322 e. The van der Waals surface area contributed by atoms with E-state index in [1.54, 1.807) is 31.3 Å². The van der Waals surface area contributed by atoms with Gasteiger partial charge in [-0.15, -0.1) is 0 Å². The normalized spacial score (nSPS) is 29.4. The minimum Gasteiger partial charge on any atom is -0.496 e. The number of thioether (sulfide) groups is 1. The van der Waals surface area contributed by atoms with Crippen LogP contribution in [0.3, 0.4) is 0 Å². The van der Waals surface area contributed by atoms with Crippen LogP contribution in [0.2, 0.25) is 32.2 Å². The lowest BCUT2D eigenvalue weighted by Crippen LogP contribution is -2.81. The zero-order chi connectivity index (χ0) is 61.3. The quantitative estimate of drug-likeness (QED) is 0.00481. The molecule has 2 bridgehead atoms. The molecule has 10 rings (SSSR count). The second-order valence-electron chi connectivity index (χ2n) is 26.0. The molecule has 24 heteroatoms. The number of rotatable bonds is 26. The van der Waals surface area contributed by atoms with Gasteiger partial charge in [-0.1, -0.05) is 61.1 Å². The van der Waals surface area contributed by atoms with Crippen LogP contribution in [0.15, 0.2) is 71.2 Å². The molecule has 10 atom stereocenters. The van der Waals surface area contributed by atoms with E-state index in [0.29, 0.717) is 140 Å². The van der Waals surface area contributed by atoms with E-state index in [2.05, 4.69) is 96.6 Å². The van der Waals surface area contributed by atoms with Crippen molar-refractivity contribution in [3.05, 3.63) is 99.3 Å².